The Hall–Kier alpha value is -2.50. The van der Waals surface area contributed by atoms with Gasteiger partial charge in [0.15, 0.2) is 0 Å². The molecule has 2 aromatic rings. The third kappa shape index (κ3) is 3.48. The highest BCUT2D eigenvalue weighted by Crippen LogP contribution is 2.09. The van der Waals surface area contributed by atoms with Gasteiger partial charge in [-0.1, -0.05) is 6.07 Å². The highest BCUT2D eigenvalue weighted by atomic mass is 19.1. The maximum absolute atomic E-state index is 13.0. The molecule has 3 N–H and O–H groups in total. The highest BCUT2D eigenvalue weighted by Gasteiger charge is 2.11. The third-order valence-corrected chi connectivity index (χ3v) is 2.52. The Morgan fingerprint density at radius 2 is 2.21 bits per heavy atom. The van der Waals surface area contributed by atoms with E-state index in [0.717, 1.165) is 18.0 Å². The summed E-state index contributed by atoms with van der Waals surface area (Å²) < 4.78 is 13.0. The van der Waals surface area contributed by atoms with Crippen molar-refractivity contribution in [2.75, 3.05) is 12.3 Å². The molecule has 0 saturated carbocycles. The number of halogens is 1. The average molecular weight is 260 g/mol. The predicted octanol–water partition coefficient (Wildman–Crippen LogP) is 1.17. The van der Waals surface area contributed by atoms with Crippen molar-refractivity contribution < 1.29 is 9.18 Å². The molecule has 0 aliphatic carbocycles. The largest absolute Gasteiger partial charge is 0.383 e. The topological polar surface area (TPSA) is 80.9 Å². The first-order chi connectivity index (χ1) is 9.16. The Morgan fingerprint density at radius 3 is 2.95 bits per heavy atom. The van der Waals surface area contributed by atoms with Gasteiger partial charge < -0.3 is 11.1 Å². The summed E-state index contributed by atoms with van der Waals surface area (Å²) in [7, 11) is 0. The lowest BCUT2D eigenvalue weighted by Crippen LogP contribution is -2.27. The number of amides is 1. The molecule has 0 unspecified atom stereocenters. The number of nitrogens with one attached hydrogen (secondary N) is 1. The second kappa shape index (κ2) is 5.90. The first-order valence-corrected chi connectivity index (χ1v) is 5.76. The number of hydrogen-bond acceptors (Lipinski definition) is 4. The molecule has 98 valence electrons. The molecular formula is C13H13FN4O. The molecule has 0 fully saturated rings. The fourth-order valence-electron chi connectivity index (χ4n) is 1.58. The molecule has 2 rings (SSSR count). The average Bonchev–Trinajstić information content (AvgIpc) is 2.42. The Kier molecular flexibility index (Phi) is 4.02. The van der Waals surface area contributed by atoms with Crippen molar-refractivity contribution in [3.63, 3.8) is 0 Å². The Morgan fingerprint density at radius 1 is 1.37 bits per heavy atom. The van der Waals surface area contributed by atoms with Gasteiger partial charge >= 0.3 is 0 Å². The summed E-state index contributed by atoms with van der Waals surface area (Å²) in [6.07, 6.45) is 3.25. The van der Waals surface area contributed by atoms with E-state index in [0.29, 0.717) is 13.0 Å². The van der Waals surface area contributed by atoms with Crippen LogP contribution < -0.4 is 11.1 Å². The monoisotopic (exact) mass is 260 g/mol. The molecule has 0 atom stereocenters. The normalized spacial score (nSPS) is 10.2. The standard InChI is InChI=1S/C13H13FN4O/c14-9-7-11(12(15)18-8-9)13(19)17-6-4-10-3-1-2-5-16-10/h1-3,5,7-8H,4,6H2,(H2,15,18)(H,17,19). The maximum Gasteiger partial charge on any atom is 0.255 e. The van der Waals surface area contributed by atoms with Gasteiger partial charge in [0.2, 0.25) is 0 Å². The minimum atomic E-state index is -0.593. The van der Waals surface area contributed by atoms with Crippen LogP contribution in [-0.2, 0) is 6.42 Å². The molecule has 0 bridgehead atoms. The fourth-order valence-corrected chi connectivity index (χ4v) is 1.58. The van der Waals surface area contributed by atoms with E-state index in [2.05, 4.69) is 15.3 Å². The molecule has 2 aromatic heterocycles. The molecule has 0 radical (unpaired) electrons. The lowest BCUT2D eigenvalue weighted by molar-refractivity contribution is 0.0954. The van der Waals surface area contributed by atoms with Gasteiger partial charge in [-0.15, -0.1) is 0 Å². The second-order valence-electron chi connectivity index (χ2n) is 3.91. The maximum atomic E-state index is 13.0. The molecular weight excluding hydrogens is 247 g/mol. The predicted molar refractivity (Wildman–Crippen MR) is 68.9 cm³/mol. The smallest absolute Gasteiger partial charge is 0.255 e. The molecule has 6 heteroatoms. The summed E-state index contributed by atoms with van der Waals surface area (Å²) >= 11 is 0. The van der Waals surface area contributed by atoms with Gasteiger partial charge in [-0.2, -0.15) is 0 Å². The third-order valence-electron chi connectivity index (χ3n) is 2.52. The van der Waals surface area contributed by atoms with Crippen LogP contribution in [0.4, 0.5) is 10.2 Å². The van der Waals surface area contributed by atoms with E-state index in [1.165, 1.54) is 0 Å². The summed E-state index contributed by atoms with van der Waals surface area (Å²) in [5, 5.41) is 2.65. The summed E-state index contributed by atoms with van der Waals surface area (Å²) in [5.41, 5.74) is 6.43. The lowest BCUT2D eigenvalue weighted by Gasteiger charge is -2.06. The second-order valence-corrected chi connectivity index (χ2v) is 3.91. The molecule has 0 aromatic carbocycles. The fraction of sp³-hybridized carbons (Fsp3) is 0.154. The van der Waals surface area contributed by atoms with Crippen LogP contribution in [0.2, 0.25) is 0 Å². The van der Waals surface area contributed by atoms with Crippen LogP contribution in [0.3, 0.4) is 0 Å². The molecule has 5 nitrogen and oxygen atoms in total. The first-order valence-electron chi connectivity index (χ1n) is 5.76. The van der Waals surface area contributed by atoms with Gasteiger partial charge in [0.05, 0.1) is 11.8 Å². The highest BCUT2D eigenvalue weighted by molar-refractivity contribution is 5.98. The van der Waals surface area contributed by atoms with Crippen LogP contribution in [0.5, 0.6) is 0 Å². The zero-order chi connectivity index (χ0) is 13.7. The van der Waals surface area contributed by atoms with Crippen LogP contribution in [0.25, 0.3) is 0 Å². The zero-order valence-electron chi connectivity index (χ0n) is 10.1. The van der Waals surface area contributed by atoms with Crippen molar-refractivity contribution in [2.24, 2.45) is 0 Å². The number of aromatic nitrogens is 2. The van der Waals surface area contributed by atoms with Gasteiger partial charge in [-0.05, 0) is 18.2 Å². The van der Waals surface area contributed by atoms with Crippen molar-refractivity contribution in [3.8, 4) is 0 Å². The van der Waals surface area contributed by atoms with Crippen LogP contribution in [0, 0.1) is 5.82 Å². The Balaban J connectivity index is 1.93. The van der Waals surface area contributed by atoms with E-state index in [1.54, 1.807) is 6.20 Å². The number of rotatable bonds is 4. The van der Waals surface area contributed by atoms with Crippen molar-refractivity contribution in [1.82, 2.24) is 15.3 Å². The van der Waals surface area contributed by atoms with Crippen molar-refractivity contribution in [3.05, 3.63) is 53.7 Å². The minimum Gasteiger partial charge on any atom is -0.383 e. The van der Waals surface area contributed by atoms with E-state index in [4.69, 9.17) is 5.73 Å². The summed E-state index contributed by atoms with van der Waals surface area (Å²) in [6, 6.07) is 6.63. The van der Waals surface area contributed by atoms with Crippen LogP contribution >= 0.6 is 0 Å². The summed E-state index contributed by atoms with van der Waals surface area (Å²) in [5.74, 6) is -1.03. The van der Waals surface area contributed by atoms with Crippen molar-refractivity contribution in [2.45, 2.75) is 6.42 Å². The van der Waals surface area contributed by atoms with E-state index in [9.17, 15) is 9.18 Å². The van der Waals surface area contributed by atoms with Gasteiger partial charge in [-0.3, -0.25) is 9.78 Å². The molecule has 0 saturated heterocycles. The molecule has 19 heavy (non-hydrogen) atoms. The molecule has 0 aliphatic rings. The lowest BCUT2D eigenvalue weighted by atomic mass is 10.2. The Labute approximate surface area is 109 Å². The molecule has 1 amide bonds. The number of anilines is 1. The van der Waals surface area contributed by atoms with Crippen molar-refractivity contribution in [1.29, 1.82) is 0 Å². The number of pyridine rings is 2. The first kappa shape index (κ1) is 12.9. The van der Waals surface area contributed by atoms with Crippen molar-refractivity contribution >= 4 is 11.7 Å². The zero-order valence-corrected chi connectivity index (χ0v) is 10.1. The van der Waals surface area contributed by atoms with Gasteiger partial charge in [0.1, 0.15) is 11.6 Å². The SMILES string of the molecule is Nc1ncc(F)cc1C(=O)NCCc1ccccn1. The van der Waals surface area contributed by atoms with E-state index >= 15 is 0 Å². The van der Waals surface area contributed by atoms with Gasteiger partial charge in [0, 0.05) is 24.9 Å². The number of nitrogen functional groups attached to an aromatic ring is 1. The van der Waals surface area contributed by atoms with Crippen LogP contribution in [-0.4, -0.2) is 22.4 Å². The Bertz CT molecular complexity index is 574. The summed E-state index contributed by atoms with van der Waals surface area (Å²) in [6.45, 7) is 0.395. The number of carbonyl (C=O) groups is 1. The quantitative estimate of drug-likeness (QED) is 0.864. The van der Waals surface area contributed by atoms with Gasteiger partial charge in [-0.25, -0.2) is 9.37 Å². The van der Waals surface area contributed by atoms with Crippen LogP contribution in [0.15, 0.2) is 36.7 Å². The molecule has 0 spiro atoms. The minimum absolute atomic E-state index is 0.0109. The molecule has 0 aliphatic heterocycles. The number of carbonyl (C=O) groups excluding carboxylic acids is 1. The van der Waals surface area contributed by atoms with Gasteiger partial charge in [0.25, 0.3) is 5.91 Å². The number of hydrogen-bond donors (Lipinski definition) is 2. The van der Waals surface area contributed by atoms with E-state index in [1.807, 2.05) is 18.2 Å². The molecule has 2 heterocycles. The number of nitrogens with two attached hydrogens (primary N) is 1. The summed E-state index contributed by atoms with van der Waals surface area (Å²) in [4.78, 5) is 19.5. The van der Waals surface area contributed by atoms with Crippen LogP contribution in [0.1, 0.15) is 16.1 Å². The van der Waals surface area contributed by atoms with E-state index < -0.39 is 11.7 Å². The number of nitrogens with zero attached hydrogens (tertiary/aromatic N) is 2. The van der Waals surface area contributed by atoms with E-state index in [-0.39, 0.29) is 11.4 Å².